The number of rotatable bonds is 5. The molecule has 0 bridgehead atoms. The molecule has 0 N–H and O–H groups in total. The van der Waals surface area contributed by atoms with Gasteiger partial charge in [0.15, 0.2) is 0 Å². The quantitative estimate of drug-likeness (QED) is 0.186. The van der Waals surface area contributed by atoms with Crippen LogP contribution in [0.4, 0.5) is 17.1 Å². The molecule has 7 aromatic carbocycles. The van der Waals surface area contributed by atoms with Gasteiger partial charge in [0, 0.05) is 27.3 Å². The summed E-state index contributed by atoms with van der Waals surface area (Å²) in [4.78, 5) is 2.39. The van der Waals surface area contributed by atoms with Crippen molar-refractivity contribution in [3.8, 4) is 22.3 Å². The summed E-state index contributed by atoms with van der Waals surface area (Å²) in [5.74, 6) is 0.142. The fraction of sp³-hybridized carbons (Fsp3) is 0.0244. The molecule has 204 valence electrons. The Hall–Kier alpha value is -4.92. The Labute approximate surface area is 260 Å². The Balaban J connectivity index is 1.37. The Morgan fingerprint density at radius 2 is 1.14 bits per heavy atom. The third-order valence-electron chi connectivity index (χ3n) is 8.56. The fourth-order valence-corrected chi connectivity index (χ4v) is 7.28. The van der Waals surface area contributed by atoms with Crippen molar-refractivity contribution >= 4 is 43.8 Å². The van der Waals surface area contributed by atoms with Gasteiger partial charge in [-0.3, -0.25) is 0 Å². The highest BCUT2D eigenvalue weighted by molar-refractivity contribution is 9.10. The van der Waals surface area contributed by atoms with Gasteiger partial charge < -0.3 is 4.90 Å². The summed E-state index contributed by atoms with van der Waals surface area (Å²) >= 11 is 3.84. The van der Waals surface area contributed by atoms with Crippen LogP contribution in [0, 0.1) is 0 Å². The molecule has 8 rings (SSSR count). The van der Waals surface area contributed by atoms with E-state index < -0.39 is 0 Å². The van der Waals surface area contributed by atoms with E-state index in [4.69, 9.17) is 0 Å². The lowest BCUT2D eigenvalue weighted by Crippen LogP contribution is -2.11. The molecule has 0 aliphatic heterocycles. The minimum atomic E-state index is 0.142. The monoisotopic (exact) mass is 613 g/mol. The molecule has 2 heteroatoms. The van der Waals surface area contributed by atoms with E-state index in [0.717, 1.165) is 15.8 Å². The maximum atomic E-state index is 3.84. The number of para-hydroxylation sites is 2. The summed E-state index contributed by atoms with van der Waals surface area (Å²) < 4.78 is 1.12. The molecule has 0 fully saturated rings. The van der Waals surface area contributed by atoms with Gasteiger partial charge >= 0.3 is 0 Å². The van der Waals surface area contributed by atoms with Crippen molar-refractivity contribution in [3.63, 3.8) is 0 Å². The summed E-state index contributed by atoms with van der Waals surface area (Å²) in [7, 11) is 0. The van der Waals surface area contributed by atoms with Crippen LogP contribution in [0.3, 0.4) is 0 Å². The van der Waals surface area contributed by atoms with Gasteiger partial charge in [0.05, 0.1) is 5.69 Å². The van der Waals surface area contributed by atoms with Gasteiger partial charge in [0.25, 0.3) is 0 Å². The van der Waals surface area contributed by atoms with Gasteiger partial charge in [-0.2, -0.15) is 0 Å². The first kappa shape index (κ1) is 25.8. The maximum Gasteiger partial charge on any atom is 0.0543 e. The first-order chi connectivity index (χ1) is 21.3. The molecule has 0 saturated heterocycles. The van der Waals surface area contributed by atoms with Crippen LogP contribution in [0.1, 0.15) is 22.6 Å². The largest absolute Gasteiger partial charge is 0.310 e. The SMILES string of the molecule is Brc1cc(-c2ccc3c(c2)C(c2ccccc2)c2cccc(N(c4ccccc4)c4ccccc4)c2-3)cc2ccccc12. The highest BCUT2D eigenvalue weighted by atomic mass is 79.9. The van der Waals surface area contributed by atoms with Crippen LogP contribution in [0.25, 0.3) is 33.0 Å². The molecule has 0 amide bonds. The van der Waals surface area contributed by atoms with Crippen molar-refractivity contribution in [2.24, 2.45) is 0 Å². The molecular formula is C41H28BrN. The van der Waals surface area contributed by atoms with E-state index in [2.05, 4.69) is 185 Å². The first-order valence-electron chi connectivity index (χ1n) is 14.7. The van der Waals surface area contributed by atoms with Crippen molar-refractivity contribution in [3.05, 3.63) is 185 Å². The second-order valence-electron chi connectivity index (χ2n) is 11.1. The summed E-state index contributed by atoms with van der Waals surface area (Å²) in [5.41, 5.74) is 12.5. The topological polar surface area (TPSA) is 3.24 Å². The average Bonchev–Trinajstić information content (AvgIpc) is 3.41. The van der Waals surface area contributed by atoms with Crippen molar-refractivity contribution in [2.45, 2.75) is 5.92 Å². The normalized spacial score (nSPS) is 13.5. The van der Waals surface area contributed by atoms with Crippen LogP contribution in [-0.2, 0) is 0 Å². The highest BCUT2D eigenvalue weighted by Gasteiger charge is 2.33. The number of halogens is 1. The molecule has 1 unspecified atom stereocenters. The molecule has 0 heterocycles. The molecule has 0 aromatic heterocycles. The molecule has 43 heavy (non-hydrogen) atoms. The fourth-order valence-electron chi connectivity index (χ4n) is 6.67. The number of hydrogen-bond acceptors (Lipinski definition) is 1. The van der Waals surface area contributed by atoms with Gasteiger partial charge in [0.2, 0.25) is 0 Å². The molecule has 0 spiro atoms. The van der Waals surface area contributed by atoms with Crippen LogP contribution < -0.4 is 4.90 Å². The minimum absolute atomic E-state index is 0.142. The third kappa shape index (κ3) is 4.47. The van der Waals surface area contributed by atoms with E-state index >= 15 is 0 Å². The van der Waals surface area contributed by atoms with Gasteiger partial charge in [0.1, 0.15) is 0 Å². The van der Waals surface area contributed by atoms with E-state index in [-0.39, 0.29) is 5.92 Å². The zero-order valence-corrected chi connectivity index (χ0v) is 25.1. The van der Waals surface area contributed by atoms with E-state index in [0.29, 0.717) is 0 Å². The van der Waals surface area contributed by atoms with Crippen LogP contribution in [-0.4, -0.2) is 0 Å². The van der Waals surface area contributed by atoms with Gasteiger partial charge in [-0.25, -0.2) is 0 Å². The van der Waals surface area contributed by atoms with Crippen LogP contribution in [0.2, 0.25) is 0 Å². The van der Waals surface area contributed by atoms with Crippen molar-refractivity contribution in [1.82, 2.24) is 0 Å². The Morgan fingerprint density at radius 1 is 0.488 bits per heavy atom. The molecule has 1 nitrogen and oxygen atoms in total. The second-order valence-corrected chi connectivity index (χ2v) is 11.9. The number of fused-ring (bicyclic) bond motifs is 4. The Kier molecular flexibility index (Phi) is 6.43. The van der Waals surface area contributed by atoms with E-state index in [9.17, 15) is 0 Å². The molecular weight excluding hydrogens is 586 g/mol. The number of benzene rings is 7. The van der Waals surface area contributed by atoms with E-state index in [1.165, 1.54) is 55.4 Å². The Morgan fingerprint density at radius 3 is 1.86 bits per heavy atom. The average molecular weight is 615 g/mol. The lowest BCUT2D eigenvalue weighted by molar-refractivity contribution is 1.01. The molecule has 1 aliphatic carbocycles. The van der Waals surface area contributed by atoms with Crippen LogP contribution in [0.15, 0.2) is 168 Å². The van der Waals surface area contributed by atoms with Crippen molar-refractivity contribution in [2.75, 3.05) is 4.90 Å². The van der Waals surface area contributed by atoms with Gasteiger partial charge in [-0.1, -0.05) is 131 Å². The standard InChI is InChI=1S/C41H28BrN/c42-38-27-31(25-30-15-10-11-20-34(30)38)29-23-24-35-37(26-29)40(28-13-4-1-5-14-28)36-21-12-22-39(41(35)36)43(32-16-6-2-7-17-32)33-18-8-3-9-19-33/h1-27,40H. The molecule has 7 aromatic rings. The number of nitrogens with zero attached hydrogens (tertiary/aromatic N) is 1. The predicted molar refractivity (Wildman–Crippen MR) is 185 cm³/mol. The number of anilines is 3. The summed E-state index contributed by atoms with van der Waals surface area (Å²) in [6.45, 7) is 0. The molecule has 0 saturated carbocycles. The van der Waals surface area contributed by atoms with Crippen molar-refractivity contribution < 1.29 is 0 Å². The lowest BCUT2D eigenvalue weighted by Gasteiger charge is -2.28. The van der Waals surface area contributed by atoms with Gasteiger partial charge in [-0.15, -0.1) is 0 Å². The smallest absolute Gasteiger partial charge is 0.0543 e. The zero-order valence-electron chi connectivity index (χ0n) is 23.5. The lowest BCUT2D eigenvalue weighted by atomic mass is 9.88. The highest BCUT2D eigenvalue weighted by Crippen LogP contribution is 2.54. The predicted octanol–water partition coefficient (Wildman–Crippen LogP) is 11.9. The van der Waals surface area contributed by atoms with Crippen LogP contribution in [0.5, 0.6) is 0 Å². The molecule has 1 aliphatic rings. The van der Waals surface area contributed by atoms with E-state index in [1.807, 2.05) is 0 Å². The molecule has 1 atom stereocenters. The van der Waals surface area contributed by atoms with Crippen LogP contribution >= 0.6 is 15.9 Å². The zero-order chi connectivity index (χ0) is 28.8. The summed E-state index contributed by atoms with van der Waals surface area (Å²) in [5, 5.41) is 2.47. The number of hydrogen-bond donors (Lipinski definition) is 0. The minimum Gasteiger partial charge on any atom is -0.310 e. The Bertz CT molecular complexity index is 2050. The van der Waals surface area contributed by atoms with E-state index in [1.54, 1.807) is 0 Å². The van der Waals surface area contributed by atoms with Gasteiger partial charge in [-0.05, 0) is 92.7 Å². The third-order valence-corrected chi connectivity index (χ3v) is 9.22. The maximum absolute atomic E-state index is 3.84. The molecule has 0 radical (unpaired) electrons. The summed E-state index contributed by atoms with van der Waals surface area (Å²) in [6.07, 6.45) is 0. The van der Waals surface area contributed by atoms with Crippen molar-refractivity contribution in [1.29, 1.82) is 0 Å². The summed E-state index contributed by atoms with van der Waals surface area (Å²) in [6, 6.07) is 59.3. The first-order valence-corrected chi connectivity index (χ1v) is 15.5. The second kappa shape index (κ2) is 10.7.